The van der Waals surface area contributed by atoms with Crippen molar-refractivity contribution in [2.75, 3.05) is 0 Å². The third-order valence-electron chi connectivity index (χ3n) is 3.00. The number of carbonyl (C=O) groups is 2. The fraction of sp³-hybridized carbons (Fsp3) is 0.385. The number of thiophene rings is 1. The number of allylic oxidation sites excluding steroid dienone is 2. The molecule has 5 heteroatoms. The monoisotopic (exact) mass is 265 g/mol. The third kappa shape index (κ3) is 2.98. The topological polar surface area (TPSA) is 66.4 Å². The number of aliphatic carboxylic acids is 1. The summed E-state index contributed by atoms with van der Waals surface area (Å²) in [6, 6.07) is 2.58. The molecule has 4 nitrogen and oxygen atoms in total. The Kier molecular flexibility index (Phi) is 4.15. The van der Waals surface area contributed by atoms with Crippen molar-refractivity contribution in [2.24, 2.45) is 5.92 Å². The summed E-state index contributed by atoms with van der Waals surface area (Å²) in [7, 11) is 0. The smallest absolute Gasteiger partial charge is 0.331 e. The molecule has 0 aromatic carbocycles. The molecule has 2 unspecified atom stereocenters. The van der Waals surface area contributed by atoms with Crippen LogP contribution in [0, 0.1) is 5.92 Å². The first kappa shape index (κ1) is 12.8. The lowest BCUT2D eigenvalue weighted by atomic mass is 9.93. The van der Waals surface area contributed by atoms with Crippen LogP contribution in [0.15, 0.2) is 29.7 Å². The number of carboxylic acids is 1. The number of nitrogens with one attached hydrogen (secondary N) is 1. The van der Waals surface area contributed by atoms with Crippen LogP contribution < -0.4 is 5.32 Å². The summed E-state index contributed by atoms with van der Waals surface area (Å²) in [6.45, 7) is 0. The molecule has 0 saturated carbocycles. The molecule has 0 saturated heterocycles. The molecule has 2 rings (SSSR count). The second-order valence-electron chi connectivity index (χ2n) is 4.28. The molecule has 1 heterocycles. The largest absolute Gasteiger partial charge is 0.479 e. The van der Waals surface area contributed by atoms with Gasteiger partial charge in [0.1, 0.15) is 0 Å². The van der Waals surface area contributed by atoms with E-state index in [9.17, 15) is 14.7 Å². The standard InChI is InChI=1S/C13H15NO3S/c15-12(9-5-2-1-3-6-9)14-11(13(16)17)10-7-4-8-18-10/h1-2,4,7-9,11H,3,5-6H2,(H,14,15)(H,16,17). The summed E-state index contributed by atoms with van der Waals surface area (Å²) in [5.74, 6) is -1.28. The van der Waals surface area contributed by atoms with E-state index in [0.717, 1.165) is 12.8 Å². The Morgan fingerprint density at radius 1 is 1.44 bits per heavy atom. The Bertz CT molecular complexity index is 453. The van der Waals surface area contributed by atoms with Crippen molar-refractivity contribution >= 4 is 23.2 Å². The van der Waals surface area contributed by atoms with Crippen LogP contribution in [0.5, 0.6) is 0 Å². The minimum atomic E-state index is -1.02. The maximum Gasteiger partial charge on any atom is 0.331 e. The second-order valence-corrected chi connectivity index (χ2v) is 5.26. The molecule has 0 aliphatic heterocycles. The highest BCUT2D eigenvalue weighted by Gasteiger charge is 2.27. The van der Waals surface area contributed by atoms with Gasteiger partial charge in [0.15, 0.2) is 6.04 Å². The van der Waals surface area contributed by atoms with E-state index in [4.69, 9.17) is 0 Å². The van der Waals surface area contributed by atoms with E-state index >= 15 is 0 Å². The first-order chi connectivity index (χ1) is 8.68. The van der Waals surface area contributed by atoms with E-state index in [1.807, 2.05) is 6.08 Å². The minimum Gasteiger partial charge on any atom is -0.479 e. The zero-order chi connectivity index (χ0) is 13.0. The Labute approximate surface area is 109 Å². The number of hydrogen-bond acceptors (Lipinski definition) is 3. The van der Waals surface area contributed by atoms with Gasteiger partial charge in [0, 0.05) is 10.8 Å². The van der Waals surface area contributed by atoms with Crippen LogP contribution in [0.25, 0.3) is 0 Å². The quantitative estimate of drug-likeness (QED) is 0.821. The average molecular weight is 265 g/mol. The van der Waals surface area contributed by atoms with Gasteiger partial charge in [-0.05, 0) is 30.7 Å². The van der Waals surface area contributed by atoms with Gasteiger partial charge in [-0.3, -0.25) is 4.79 Å². The Hall–Kier alpha value is -1.62. The van der Waals surface area contributed by atoms with Crippen molar-refractivity contribution in [1.82, 2.24) is 5.32 Å². The van der Waals surface area contributed by atoms with Gasteiger partial charge in [0.25, 0.3) is 0 Å². The van der Waals surface area contributed by atoms with E-state index in [1.165, 1.54) is 11.3 Å². The SMILES string of the molecule is O=C(NC(C(=O)O)c1cccs1)C1CC=CCC1. The molecule has 2 atom stereocenters. The summed E-state index contributed by atoms with van der Waals surface area (Å²) in [6.07, 6.45) is 6.41. The molecule has 1 aromatic heterocycles. The normalized spacial score (nSPS) is 20.3. The molecule has 96 valence electrons. The van der Waals surface area contributed by atoms with E-state index < -0.39 is 12.0 Å². The first-order valence-electron chi connectivity index (χ1n) is 5.90. The molecule has 18 heavy (non-hydrogen) atoms. The van der Waals surface area contributed by atoms with Crippen molar-refractivity contribution in [3.63, 3.8) is 0 Å². The molecule has 0 bridgehead atoms. The van der Waals surface area contributed by atoms with Crippen LogP contribution in [0.1, 0.15) is 30.2 Å². The van der Waals surface area contributed by atoms with Gasteiger partial charge in [-0.15, -0.1) is 11.3 Å². The number of carbonyl (C=O) groups excluding carboxylic acids is 1. The van der Waals surface area contributed by atoms with E-state index in [0.29, 0.717) is 11.3 Å². The summed E-state index contributed by atoms with van der Waals surface area (Å²) < 4.78 is 0. The van der Waals surface area contributed by atoms with E-state index in [1.54, 1.807) is 17.5 Å². The summed E-state index contributed by atoms with van der Waals surface area (Å²) in [5, 5.41) is 13.6. The fourth-order valence-corrected chi connectivity index (χ4v) is 2.77. The van der Waals surface area contributed by atoms with Gasteiger partial charge >= 0.3 is 5.97 Å². The molecule has 0 fully saturated rings. The number of hydrogen-bond donors (Lipinski definition) is 2. The van der Waals surface area contributed by atoms with Crippen molar-refractivity contribution in [1.29, 1.82) is 0 Å². The molecule has 1 amide bonds. The predicted octanol–water partition coefficient (Wildman–Crippen LogP) is 2.35. The fourth-order valence-electron chi connectivity index (χ4n) is 2.00. The van der Waals surface area contributed by atoms with Gasteiger partial charge in [0.2, 0.25) is 5.91 Å². The van der Waals surface area contributed by atoms with Gasteiger partial charge in [0.05, 0.1) is 0 Å². The zero-order valence-corrected chi connectivity index (χ0v) is 10.7. The molecule has 1 aliphatic carbocycles. The summed E-state index contributed by atoms with van der Waals surface area (Å²) in [4.78, 5) is 23.9. The first-order valence-corrected chi connectivity index (χ1v) is 6.78. The number of rotatable bonds is 4. The predicted molar refractivity (Wildman–Crippen MR) is 69.3 cm³/mol. The molecular weight excluding hydrogens is 250 g/mol. The molecule has 1 aliphatic rings. The number of carboxylic acid groups (broad SMARTS) is 1. The molecule has 1 aromatic rings. The van der Waals surface area contributed by atoms with Crippen molar-refractivity contribution in [3.05, 3.63) is 34.5 Å². The summed E-state index contributed by atoms with van der Waals surface area (Å²) in [5.41, 5.74) is 0. The van der Waals surface area contributed by atoms with Crippen LogP contribution in [-0.4, -0.2) is 17.0 Å². The lowest BCUT2D eigenvalue weighted by Gasteiger charge is -2.20. The lowest BCUT2D eigenvalue weighted by molar-refractivity contribution is -0.142. The van der Waals surface area contributed by atoms with Gasteiger partial charge < -0.3 is 10.4 Å². The maximum absolute atomic E-state index is 12.0. The highest BCUT2D eigenvalue weighted by Crippen LogP contribution is 2.22. The Morgan fingerprint density at radius 2 is 2.28 bits per heavy atom. The molecule has 0 radical (unpaired) electrons. The lowest BCUT2D eigenvalue weighted by Crippen LogP contribution is -2.37. The highest BCUT2D eigenvalue weighted by molar-refractivity contribution is 7.10. The van der Waals surface area contributed by atoms with Gasteiger partial charge in [-0.25, -0.2) is 4.79 Å². The molecular formula is C13H15NO3S. The molecule has 0 spiro atoms. The Morgan fingerprint density at radius 3 is 2.83 bits per heavy atom. The molecule has 2 N–H and O–H groups in total. The van der Waals surface area contributed by atoms with Crippen molar-refractivity contribution in [3.8, 4) is 0 Å². The minimum absolute atomic E-state index is 0.100. The highest BCUT2D eigenvalue weighted by atomic mass is 32.1. The van der Waals surface area contributed by atoms with Crippen molar-refractivity contribution in [2.45, 2.75) is 25.3 Å². The number of amides is 1. The summed E-state index contributed by atoms with van der Waals surface area (Å²) >= 11 is 1.34. The average Bonchev–Trinajstić information content (AvgIpc) is 2.90. The van der Waals surface area contributed by atoms with Gasteiger partial charge in [-0.2, -0.15) is 0 Å². The third-order valence-corrected chi connectivity index (χ3v) is 3.94. The van der Waals surface area contributed by atoms with Crippen LogP contribution in [-0.2, 0) is 9.59 Å². The van der Waals surface area contributed by atoms with Crippen LogP contribution in [0.2, 0.25) is 0 Å². The van der Waals surface area contributed by atoms with Crippen LogP contribution >= 0.6 is 11.3 Å². The Balaban J connectivity index is 2.03. The van der Waals surface area contributed by atoms with E-state index in [2.05, 4.69) is 11.4 Å². The zero-order valence-electron chi connectivity index (χ0n) is 9.83. The van der Waals surface area contributed by atoms with Crippen LogP contribution in [0.4, 0.5) is 0 Å². The van der Waals surface area contributed by atoms with Crippen molar-refractivity contribution < 1.29 is 14.7 Å². The van der Waals surface area contributed by atoms with Gasteiger partial charge in [-0.1, -0.05) is 18.2 Å². The van der Waals surface area contributed by atoms with Crippen LogP contribution in [0.3, 0.4) is 0 Å². The second kappa shape index (κ2) is 5.82. The maximum atomic E-state index is 12.0. The van der Waals surface area contributed by atoms with E-state index in [-0.39, 0.29) is 11.8 Å².